The number of aromatic amines is 1. The number of hydrogen-bond donors (Lipinski definition) is 1. The number of ketones is 1. The molecule has 0 saturated carbocycles. The first-order chi connectivity index (χ1) is 10.1. The van der Waals surface area contributed by atoms with Crippen molar-refractivity contribution in [1.82, 2.24) is 4.98 Å². The fraction of sp³-hybridized carbons (Fsp3) is 0.0625. The number of aromatic nitrogens is 1. The maximum atomic E-state index is 13.4. The Morgan fingerprint density at radius 2 is 2.10 bits per heavy atom. The Labute approximate surface area is 125 Å². The second kappa shape index (κ2) is 5.22. The van der Waals surface area contributed by atoms with E-state index in [0.29, 0.717) is 21.5 Å². The highest BCUT2D eigenvalue weighted by molar-refractivity contribution is 6.37. The molecule has 0 fully saturated rings. The van der Waals surface area contributed by atoms with Crippen LogP contribution in [0.3, 0.4) is 0 Å². The van der Waals surface area contributed by atoms with Crippen LogP contribution in [0.4, 0.5) is 4.39 Å². The Kier molecular flexibility index (Phi) is 3.39. The molecule has 106 valence electrons. The summed E-state index contributed by atoms with van der Waals surface area (Å²) < 4.78 is 18.3. The summed E-state index contributed by atoms with van der Waals surface area (Å²) in [5.41, 5.74) is 1.57. The molecule has 0 spiro atoms. The highest BCUT2D eigenvalue weighted by Gasteiger charge is 2.17. The van der Waals surface area contributed by atoms with Crippen molar-refractivity contribution in [2.45, 2.75) is 0 Å². The van der Waals surface area contributed by atoms with E-state index in [2.05, 4.69) is 4.98 Å². The van der Waals surface area contributed by atoms with E-state index >= 15 is 0 Å². The topological polar surface area (TPSA) is 42.1 Å². The van der Waals surface area contributed by atoms with E-state index < -0.39 is 5.82 Å². The van der Waals surface area contributed by atoms with Crippen LogP contribution in [0.25, 0.3) is 10.9 Å². The molecule has 0 atom stereocenters. The lowest BCUT2D eigenvalue weighted by Crippen LogP contribution is -2.02. The van der Waals surface area contributed by atoms with Crippen LogP contribution in [-0.2, 0) is 0 Å². The Balaban J connectivity index is 2.13. The molecule has 0 saturated heterocycles. The number of H-pyrrole nitrogens is 1. The first kappa shape index (κ1) is 13.6. The number of nitrogens with one attached hydrogen (secondary N) is 1. The van der Waals surface area contributed by atoms with Crippen LogP contribution < -0.4 is 4.74 Å². The summed E-state index contributed by atoms with van der Waals surface area (Å²) in [6.45, 7) is 0. The number of fused-ring (bicyclic) bond motifs is 1. The van der Waals surface area contributed by atoms with E-state index in [9.17, 15) is 9.18 Å². The number of benzene rings is 2. The molecule has 0 amide bonds. The zero-order chi connectivity index (χ0) is 15.0. The molecule has 5 heteroatoms. The van der Waals surface area contributed by atoms with Crippen molar-refractivity contribution in [3.8, 4) is 5.75 Å². The summed E-state index contributed by atoms with van der Waals surface area (Å²) >= 11 is 6.16. The van der Waals surface area contributed by atoms with Crippen molar-refractivity contribution < 1.29 is 13.9 Å². The molecular weight excluding hydrogens is 293 g/mol. The molecule has 0 bridgehead atoms. The summed E-state index contributed by atoms with van der Waals surface area (Å²) in [5, 5.41) is 1.15. The quantitative estimate of drug-likeness (QED) is 0.737. The van der Waals surface area contributed by atoms with Crippen LogP contribution in [-0.4, -0.2) is 17.9 Å². The Morgan fingerprint density at radius 1 is 1.29 bits per heavy atom. The van der Waals surface area contributed by atoms with Gasteiger partial charge in [-0.3, -0.25) is 4.79 Å². The number of methoxy groups -OCH3 is 1. The Hall–Kier alpha value is -2.33. The predicted molar refractivity (Wildman–Crippen MR) is 79.7 cm³/mol. The minimum Gasteiger partial charge on any atom is -0.494 e. The number of rotatable bonds is 3. The van der Waals surface area contributed by atoms with Gasteiger partial charge in [0.1, 0.15) is 0 Å². The first-order valence-electron chi connectivity index (χ1n) is 6.25. The number of carbonyl (C=O) groups is 1. The fourth-order valence-electron chi connectivity index (χ4n) is 2.28. The third kappa shape index (κ3) is 2.28. The van der Waals surface area contributed by atoms with Crippen LogP contribution in [0.15, 0.2) is 42.6 Å². The Morgan fingerprint density at radius 3 is 2.86 bits per heavy atom. The lowest BCUT2D eigenvalue weighted by atomic mass is 10.0. The van der Waals surface area contributed by atoms with E-state index in [1.54, 1.807) is 18.3 Å². The summed E-state index contributed by atoms with van der Waals surface area (Å²) in [4.78, 5) is 15.6. The van der Waals surface area contributed by atoms with Crippen LogP contribution in [0.1, 0.15) is 15.9 Å². The minimum atomic E-state index is -0.508. The second-order valence-electron chi connectivity index (χ2n) is 4.54. The molecule has 3 rings (SSSR count). The number of halogens is 2. The van der Waals surface area contributed by atoms with Gasteiger partial charge in [-0.1, -0.05) is 17.7 Å². The maximum Gasteiger partial charge on any atom is 0.195 e. The standard InChI is InChI=1S/C16H11ClFNO2/c1-21-14-7-9(5-6-12(14)18)16(20)10-8-19-13-4-2-3-11(17)15(10)13/h2-8,19H,1H3. The molecule has 0 unspecified atom stereocenters. The largest absolute Gasteiger partial charge is 0.494 e. The van der Waals surface area contributed by atoms with Crippen molar-refractivity contribution in [1.29, 1.82) is 0 Å². The van der Waals surface area contributed by atoms with Crippen molar-refractivity contribution in [3.05, 3.63) is 64.6 Å². The van der Waals surface area contributed by atoms with E-state index in [1.807, 2.05) is 6.07 Å². The molecule has 3 aromatic rings. The number of hydrogen-bond acceptors (Lipinski definition) is 2. The third-order valence-corrected chi connectivity index (χ3v) is 3.63. The van der Waals surface area contributed by atoms with Crippen LogP contribution in [0, 0.1) is 5.82 Å². The van der Waals surface area contributed by atoms with Gasteiger partial charge >= 0.3 is 0 Å². The highest BCUT2D eigenvalue weighted by atomic mass is 35.5. The zero-order valence-corrected chi connectivity index (χ0v) is 11.9. The molecule has 3 nitrogen and oxygen atoms in total. The van der Waals surface area contributed by atoms with Crippen LogP contribution in [0.2, 0.25) is 5.02 Å². The average molecular weight is 304 g/mol. The van der Waals surface area contributed by atoms with Crippen LogP contribution >= 0.6 is 11.6 Å². The van der Waals surface area contributed by atoms with Gasteiger partial charge < -0.3 is 9.72 Å². The van der Waals surface area contributed by atoms with E-state index in [4.69, 9.17) is 16.3 Å². The van der Waals surface area contributed by atoms with Gasteiger partial charge in [-0.05, 0) is 30.3 Å². The molecule has 0 aliphatic rings. The summed E-state index contributed by atoms with van der Waals surface area (Å²) in [7, 11) is 1.36. The monoisotopic (exact) mass is 303 g/mol. The molecule has 0 aliphatic carbocycles. The molecule has 1 N–H and O–H groups in total. The van der Waals surface area contributed by atoms with Gasteiger partial charge in [0.15, 0.2) is 17.3 Å². The lowest BCUT2D eigenvalue weighted by Gasteiger charge is -2.05. The van der Waals surface area contributed by atoms with Gasteiger partial charge in [-0.2, -0.15) is 0 Å². The van der Waals surface area contributed by atoms with Gasteiger partial charge in [-0.15, -0.1) is 0 Å². The summed E-state index contributed by atoms with van der Waals surface area (Å²) in [5.74, 6) is -0.717. The SMILES string of the molecule is COc1cc(C(=O)c2c[nH]c3cccc(Cl)c23)ccc1F. The molecule has 1 aromatic heterocycles. The van der Waals surface area contributed by atoms with Gasteiger partial charge in [0, 0.05) is 28.2 Å². The maximum absolute atomic E-state index is 13.4. The van der Waals surface area contributed by atoms with E-state index in [-0.39, 0.29) is 11.5 Å². The molecule has 21 heavy (non-hydrogen) atoms. The van der Waals surface area contributed by atoms with E-state index in [0.717, 1.165) is 5.52 Å². The number of carbonyl (C=O) groups excluding carboxylic acids is 1. The van der Waals surface area contributed by atoms with Crippen molar-refractivity contribution in [3.63, 3.8) is 0 Å². The molecule has 1 heterocycles. The predicted octanol–water partition coefficient (Wildman–Crippen LogP) is 4.20. The molecule has 0 aliphatic heterocycles. The van der Waals surface area contributed by atoms with Gasteiger partial charge in [-0.25, -0.2) is 4.39 Å². The lowest BCUT2D eigenvalue weighted by molar-refractivity contribution is 0.104. The highest BCUT2D eigenvalue weighted by Crippen LogP contribution is 2.29. The van der Waals surface area contributed by atoms with Gasteiger partial charge in [0.05, 0.1) is 12.1 Å². The number of ether oxygens (including phenoxy) is 1. The Bertz CT molecular complexity index is 841. The van der Waals surface area contributed by atoms with E-state index in [1.165, 1.54) is 25.3 Å². The van der Waals surface area contributed by atoms with Crippen molar-refractivity contribution in [2.24, 2.45) is 0 Å². The van der Waals surface area contributed by atoms with Gasteiger partial charge in [0.25, 0.3) is 0 Å². The van der Waals surface area contributed by atoms with Crippen LogP contribution in [0.5, 0.6) is 5.75 Å². The van der Waals surface area contributed by atoms with Gasteiger partial charge in [0.2, 0.25) is 0 Å². The normalized spacial score (nSPS) is 10.8. The fourth-order valence-corrected chi connectivity index (χ4v) is 2.55. The zero-order valence-electron chi connectivity index (χ0n) is 11.1. The molecule has 0 radical (unpaired) electrons. The van der Waals surface area contributed by atoms with Crippen molar-refractivity contribution >= 4 is 28.3 Å². The molecular formula is C16H11ClFNO2. The molecule has 2 aromatic carbocycles. The summed E-state index contributed by atoms with van der Waals surface area (Å²) in [6, 6.07) is 9.38. The summed E-state index contributed by atoms with van der Waals surface area (Å²) in [6.07, 6.45) is 1.61. The second-order valence-corrected chi connectivity index (χ2v) is 4.95. The smallest absolute Gasteiger partial charge is 0.195 e. The third-order valence-electron chi connectivity index (χ3n) is 3.31. The average Bonchev–Trinajstić information content (AvgIpc) is 2.92. The first-order valence-corrected chi connectivity index (χ1v) is 6.63. The van der Waals surface area contributed by atoms with Crippen molar-refractivity contribution in [2.75, 3.05) is 7.11 Å². The minimum absolute atomic E-state index is 0.0341.